The van der Waals surface area contributed by atoms with E-state index < -0.39 is 83.4 Å². The standard InChI is InChI=1S/C14H22F6N2O5S/c15-13(16,17)6-2-1-3-11(23)27-10(14(18,19)20)5-8-28(22,26)7-4-9(21)12(24)25/h9-10,22H,1-8,21H2,(H,24,25)/t9-,10+,28+/m0/s1. The molecule has 0 spiro atoms. The van der Waals surface area contributed by atoms with Crippen LogP contribution in [0, 0.1) is 4.78 Å². The molecule has 0 unspecified atom stereocenters. The van der Waals surface area contributed by atoms with E-state index in [1.165, 1.54) is 0 Å². The Labute approximate surface area is 157 Å². The monoisotopic (exact) mass is 444 g/mol. The molecule has 0 rings (SSSR count). The fourth-order valence-corrected chi connectivity index (χ4v) is 3.38. The smallest absolute Gasteiger partial charge is 0.425 e. The molecule has 4 N–H and O–H groups in total. The number of carboxylic acid groups (broad SMARTS) is 1. The summed E-state index contributed by atoms with van der Waals surface area (Å²) in [6.07, 6.45) is -16.1. The second-order valence-corrected chi connectivity index (χ2v) is 8.52. The highest BCUT2D eigenvalue weighted by Gasteiger charge is 2.43. The largest absolute Gasteiger partial charge is 0.480 e. The van der Waals surface area contributed by atoms with E-state index in [2.05, 4.69) is 4.74 Å². The van der Waals surface area contributed by atoms with E-state index >= 15 is 0 Å². The lowest BCUT2D eigenvalue weighted by molar-refractivity contribution is -0.221. The van der Waals surface area contributed by atoms with Crippen LogP contribution >= 0.6 is 0 Å². The fraction of sp³-hybridized carbons (Fsp3) is 0.857. The van der Waals surface area contributed by atoms with Gasteiger partial charge in [0.25, 0.3) is 0 Å². The summed E-state index contributed by atoms with van der Waals surface area (Å²) in [7, 11) is -3.60. The van der Waals surface area contributed by atoms with Crippen LogP contribution in [0.25, 0.3) is 0 Å². The Balaban J connectivity index is 4.60. The predicted molar refractivity (Wildman–Crippen MR) is 85.9 cm³/mol. The zero-order valence-corrected chi connectivity index (χ0v) is 15.5. The molecule has 0 saturated carbocycles. The number of nitrogens with one attached hydrogen (secondary N) is 1. The Morgan fingerprint density at radius 3 is 2.07 bits per heavy atom. The highest BCUT2D eigenvalue weighted by molar-refractivity contribution is 7.92. The molecule has 0 aliphatic rings. The molecule has 0 aliphatic heterocycles. The fourth-order valence-electron chi connectivity index (χ4n) is 1.94. The van der Waals surface area contributed by atoms with E-state index in [0.29, 0.717) is 0 Å². The van der Waals surface area contributed by atoms with Crippen LogP contribution < -0.4 is 5.73 Å². The number of ether oxygens (including phenoxy) is 1. The summed E-state index contributed by atoms with van der Waals surface area (Å²) in [6, 6.07) is -1.42. The van der Waals surface area contributed by atoms with Crippen LogP contribution in [-0.4, -0.2) is 57.3 Å². The van der Waals surface area contributed by atoms with E-state index in [4.69, 9.17) is 15.6 Å². The van der Waals surface area contributed by atoms with Crippen molar-refractivity contribution in [2.45, 2.75) is 63.0 Å². The Morgan fingerprint density at radius 1 is 1.07 bits per heavy atom. The van der Waals surface area contributed by atoms with E-state index in [1.54, 1.807) is 0 Å². The number of hydrogen-bond acceptors (Lipinski definition) is 6. The molecule has 0 radical (unpaired) electrons. The van der Waals surface area contributed by atoms with Gasteiger partial charge in [0.05, 0.1) is 0 Å². The minimum Gasteiger partial charge on any atom is -0.480 e. The summed E-state index contributed by atoms with van der Waals surface area (Å²) in [5.41, 5.74) is 5.17. The topological polar surface area (TPSA) is 131 Å². The lowest BCUT2D eigenvalue weighted by Gasteiger charge is -2.21. The van der Waals surface area contributed by atoms with E-state index in [0.717, 1.165) is 0 Å². The summed E-state index contributed by atoms with van der Waals surface area (Å²) >= 11 is 0. The first-order chi connectivity index (χ1) is 12.5. The quantitative estimate of drug-likeness (QED) is 0.241. The molecule has 0 heterocycles. The lowest BCUT2D eigenvalue weighted by atomic mass is 10.2. The van der Waals surface area contributed by atoms with E-state index in [9.17, 15) is 40.1 Å². The molecule has 28 heavy (non-hydrogen) atoms. The van der Waals surface area contributed by atoms with Crippen LogP contribution in [0.5, 0.6) is 0 Å². The maximum Gasteiger partial charge on any atom is 0.425 e. The molecular formula is C14H22F6N2O5S. The third-order valence-electron chi connectivity index (χ3n) is 3.52. The second kappa shape index (κ2) is 10.8. The van der Waals surface area contributed by atoms with Crippen LogP contribution in [0.3, 0.4) is 0 Å². The van der Waals surface area contributed by atoms with Crippen molar-refractivity contribution in [1.82, 2.24) is 0 Å². The van der Waals surface area contributed by atoms with Crippen molar-refractivity contribution in [3.8, 4) is 0 Å². The maximum absolute atomic E-state index is 12.9. The first-order valence-electron chi connectivity index (χ1n) is 8.09. The van der Waals surface area contributed by atoms with Gasteiger partial charge in [0.1, 0.15) is 6.04 Å². The van der Waals surface area contributed by atoms with Gasteiger partial charge >= 0.3 is 24.3 Å². The molecule has 0 bridgehead atoms. The molecule has 0 fully saturated rings. The van der Waals surface area contributed by atoms with Gasteiger partial charge in [0.2, 0.25) is 0 Å². The van der Waals surface area contributed by atoms with Crippen LogP contribution in [0.1, 0.15) is 38.5 Å². The van der Waals surface area contributed by atoms with Gasteiger partial charge in [-0.1, -0.05) is 0 Å². The van der Waals surface area contributed by atoms with Crippen molar-refractivity contribution in [2.24, 2.45) is 5.73 Å². The highest BCUT2D eigenvalue weighted by Crippen LogP contribution is 2.27. The van der Waals surface area contributed by atoms with Crippen molar-refractivity contribution < 1.29 is 50.0 Å². The molecule has 7 nitrogen and oxygen atoms in total. The zero-order valence-electron chi connectivity index (χ0n) is 14.6. The highest BCUT2D eigenvalue weighted by atomic mass is 32.2. The summed E-state index contributed by atoms with van der Waals surface area (Å²) in [5, 5.41) is 8.59. The van der Waals surface area contributed by atoms with Crippen molar-refractivity contribution in [2.75, 3.05) is 11.5 Å². The average Bonchev–Trinajstić information content (AvgIpc) is 2.51. The number of hydrogen-bond donors (Lipinski definition) is 3. The van der Waals surface area contributed by atoms with Gasteiger partial charge in [0, 0.05) is 40.5 Å². The van der Waals surface area contributed by atoms with Gasteiger partial charge < -0.3 is 15.6 Å². The van der Waals surface area contributed by atoms with Crippen molar-refractivity contribution >= 4 is 21.7 Å². The number of carbonyl (C=O) groups is 2. The summed E-state index contributed by atoms with van der Waals surface area (Å²) in [6.45, 7) is 0. The Morgan fingerprint density at radius 2 is 1.61 bits per heavy atom. The number of halogens is 6. The molecule has 0 aliphatic carbocycles. The zero-order chi connectivity index (χ0) is 22.2. The lowest BCUT2D eigenvalue weighted by Crippen LogP contribution is -2.36. The molecule has 0 aromatic heterocycles. The van der Waals surface area contributed by atoms with Crippen LogP contribution in [0.2, 0.25) is 0 Å². The first kappa shape index (κ1) is 26.4. The van der Waals surface area contributed by atoms with Gasteiger partial charge in [-0.25, -0.2) is 4.21 Å². The number of rotatable bonds is 12. The molecular weight excluding hydrogens is 422 g/mol. The number of carboxylic acids is 1. The van der Waals surface area contributed by atoms with Gasteiger partial charge in [0.15, 0.2) is 6.10 Å². The summed E-state index contributed by atoms with van der Waals surface area (Å²) in [5.74, 6) is -4.13. The molecule has 166 valence electrons. The number of esters is 1. The molecule has 0 saturated heterocycles. The minimum atomic E-state index is -5.02. The van der Waals surface area contributed by atoms with Crippen molar-refractivity contribution in [3.05, 3.63) is 0 Å². The van der Waals surface area contributed by atoms with E-state index in [-0.39, 0.29) is 12.8 Å². The van der Waals surface area contributed by atoms with Crippen molar-refractivity contribution in [1.29, 1.82) is 4.78 Å². The Bertz CT molecular complexity index is 621. The van der Waals surface area contributed by atoms with Gasteiger partial charge in [-0.15, -0.1) is 0 Å². The molecule has 3 atom stereocenters. The number of carbonyl (C=O) groups excluding carboxylic acids is 1. The molecule has 0 amide bonds. The number of alkyl halides is 6. The third kappa shape index (κ3) is 12.8. The number of unbranched alkanes of at least 4 members (excludes halogenated alkanes) is 1. The van der Waals surface area contributed by atoms with Crippen LogP contribution in [0.4, 0.5) is 26.3 Å². The Hall–Kier alpha value is -1.57. The van der Waals surface area contributed by atoms with Crippen molar-refractivity contribution in [3.63, 3.8) is 0 Å². The van der Waals surface area contributed by atoms with Gasteiger partial charge in [-0.2, -0.15) is 26.3 Å². The first-order valence-corrected chi connectivity index (χ1v) is 9.98. The van der Waals surface area contributed by atoms with Gasteiger partial charge in [-0.3, -0.25) is 14.4 Å². The normalized spacial score (nSPS) is 16.8. The maximum atomic E-state index is 12.9. The third-order valence-corrected chi connectivity index (χ3v) is 5.31. The summed E-state index contributed by atoms with van der Waals surface area (Å²) in [4.78, 5) is 22.0. The summed E-state index contributed by atoms with van der Waals surface area (Å²) < 4.78 is 98.4. The number of aliphatic carboxylic acids is 1. The molecule has 14 heteroatoms. The minimum absolute atomic E-state index is 0.314. The molecule has 0 aromatic carbocycles. The predicted octanol–water partition coefficient (Wildman–Crippen LogP) is 2.82. The molecule has 0 aromatic rings. The number of nitrogens with two attached hydrogens (primary N) is 1. The SMILES string of the molecule is N=[S@@](=O)(CC[C@H](N)C(=O)O)CC[C@@H](OC(=O)CCCCC(F)(F)F)C(F)(F)F. The average molecular weight is 444 g/mol. The van der Waals surface area contributed by atoms with Gasteiger partial charge in [-0.05, 0) is 19.3 Å². The Kier molecular flexibility index (Phi) is 10.2. The second-order valence-electron chi connectivity index (χ2n) is 6.08. The van der Waals surface area contributed by atoms with E-state index in [1.807, 2.05) is 0 Å². The van der Waals surface area contributed by atoms with Crippen LogP contribution in [-0.2, 0) is 24.1 Å². The van der Waals surface area contributed by atoms with Crippen LogP contribution in [0.15, 0.2) is 0 Å².